The van der Waals surface area contributed by atoms with Gasteiger partial charge in [-0.05, 0) is 47.5 Å². The van der Waals surface area contributed by atoms with E-state index in [1.807, 2.05) is 115 Å². The lowest BCUT2D eigenvalue weighted by Crippen LogP contribution is -2.11. The van der Waals surface area contributed by atoms with Crippen molar-refractivity contribution in [3.63, 3.8) is 0 Å². The monoisotopic (exact) mass is 765 g/mol. The number of rotatable bonds is 6. The van der Waals surface area contributed by atoms with Gasteiger partial charge in [0, 0.05) is 38.2 Å². The lowest BCUT2D eigenvalue weighted by atomic mass is 9.98. The van der Waals surface area contributed by atoms with Gasteiger partial charge >= 0.3 is 0 Å². The predicted molar refractivity (Wildman–Crippen MR) is 240 cm³/mol. The molecule has 3 heterocycles. The molecule has 7 heteroatoms. The number of fused-ring (bicyclic) bond motifs is 6. The molecule has 0 unspecified atom stereocenters. The summed E-state index contributed by atoms with van der Waals surface area (Å²) in [6.45, 7) is 0. The fourth-order valence-corrected chi connectivity index (χ4v) is 8.59. The van der Waals surface area contributed by atoms with Gasteiger partial charge in [0.15, 0.2) is 17.5 Å². The molecule has 60 heavy (non-hydrogen) atoms. The highest BCUT2D eigenvalue weighted by atomic mass is 15.1. The molecule has 11 rings (SSSR count). The smallest absolute Gasteiger partial charge is 0.165 e. The summed E-state index contributed by atoms with van der Waals surface area (Å²) < 4.78 is 4.29. The molecule has 0 aliphatic carbocycles. The summed E-state index contributed by atoms with van der Waals surface area (Å²) in [4.78, 5) is 15.1. The molecule has 8 aromatic carbocycles. The van der Waals surface area contributed by atoms with Crippen LogP contribution in [0.1, 0.15) is 11.1 Å². The number of aromatic nitrogens is 5. The van der Waals surface area contributed by atoms with Crippen molar-refractivity contribution in [1.82, 2.24) is 24.1 Å². The van der Waals surface area contributed by atoms with E-state index in [9.17, 15) is 10.5 Å². The molecular formula is C53H31N7. The summed E-state index contributed by atoms with van der Waals surface area (Å²) in [5.74, 6) is 1.21. The number of nitrogens with zero attached hydrogens (tertiary/aromatic N) is 7. The van der Waals surface area contributed by atoms with Gasteiger partial charge in [-0.15, -0.1) is 0 Å². The van der Waals surface area contributed by atoms with Crippen molar-refractivity contribution in [2.75, 3.05) is 0 Å². The Morgan fingerprint density at radius 3 is 1.30 bits per heavy atom. The SMILES string of the molecule is N#Cc1cc(-c2nc(-c3ccccc3)nc(-c3ccccc3)n2)c(C#N)c(-n2c3ccccc3c3cc(-c4ccccc4)ccc32)c1-n1c2ccccc2c2ccccc21. The summed E-state index contributed by atoms with van der Waals surface area (Å²) in [5.41, 5.74) is 9.65. The van der Waals surface area contributed by atoms with Crippen LogP contribution in [0.5, 0.6) is 0 Å². The van der Waals surface area contributed by atoms with Crippen LogP contribution >= 0.6 is 0 Å². The normalized spacial score (nSPS) is 11.3. The zero-order chi connectivity index (χ0) is 40.2. The number of hydrogen-bond donors (Lipinski definition) is 0. The van der Waals surface area contributed by atoms with Crippen LogP contribution in [0.15, 0.2) is 188 Å². The summed E-state index contributed by atoms with van der Waals surface area (Å²) >= 11 is 0. The van der Waals surface area contributed by atoms with Gasteiger partial charge in [0.2, 0.25) is 0 Å². The Balaban J connectivity index is 1.31. The minimum atomic E-state index is 0.290. The average molecular weight is 766 g/mol. The minimum absolute atomic E-state index is 0.290. The number of hydrogen-bond acceptors (Lipinski definition) is 5. The Bertz CT molecular complexity index is 3440. The fraction of sp³-hybridized carbons (Fsp3) is 0. The van der Waals surface area contributed by atoms with E-state index in [0.717, 1.165) is 65.9 Å². The Labute approximate surface area is 345 Å². The summed E-state index contributed by atoms with van der Waals surface area (Å²) in [7, 11) is 0. The summed E-state index contributed by atoms with van der Waals surface area (Å²) in [5, 5.41) is 27.1. The van der Waals surface area contributed by atoms with Gasteiger partial charge in [-0.25, -0.2) is 15.0 Å². The van der Waals surface area contributed by atoms with Crippen molar-refractivity contribution in [3.8, 4) is 68.8 Å². The molecule has 0 aliphatic rings. The molecule has 278 valence electrons. The highest BCUT2D eigenvalue weighted by Crippen LogP contribution is 2.44. The van der Waals surface area contributed by atoms with E-state index in [1.165, 1.54) is 0 Å². The Morgan fingerprint density at radius 1 is 0.350 bits per heavy atom. The third-order valence-electron chi connectivity index (χ3n) is 11.3. The standard InChI is InChI=1S/C53H31N7/c54-32-38-31-43(53-57-51(35-18-6-2-7-19-35)56-52(58-53)36-20-8-3-9-21-36)44(33-55)50(49(38)59-45-25-13-10-22-39(45)40-23-11-14-26-46(40)59)60-47-27-15-12-24-41(47)42-30-37(28-29-48(42)60)34-16-4-1-5-17-34/h1-31H. The molecule has 7 nitrogen and oxygen atoms in total. The van der Waals surface area contributed by atoms with Gasteiger partial charge in [-0.1, -0.05) is 152 Å². The van der Waals surface area contributed by atoms with Crippen molar-refractivity contribution >= 4 is 43.6 Å². The van der Waals surface area contributed by atoms with Gasteiger partial charge in [-0.2, -0.15) is 10.5 Å². The lowest BCUT2D eigenvalue weighted by molar-refractivity contribution is 1.06. The Hall–Kier alpha value is -8.65. The second kappa shape index (κ2) is 14.1. The van der Waals surface area contributed by atoms with E-state index in [-0.39, 0.29) is 5.82 Å². The van der Waals surface area contributed by atoms with Crippen molar-refractivity contribution in [3.05, 3.63) is 199 Å². The summed E-state index contributed by atoms with van der Waals surface area (Å²) in [6.07, 6.45) is 0. The second-order valence-electron chi connectivity index (χ2n) is 14.6. The maximum absolute atomic E-state index is 11.7. The van der Waals surface area contributed by atoms with Gasteiger partial charge in [0.05, 0.1) is 44.6 Å². The van der Waals surface area contributed by atoms with Crippen molar-refractivity contribution in [2.24, 2.45) is 0 Å². The van der Waals surface area contributed by atoms with Crippen molar-refractivity contribution < 1.29 is 0 Å². The molecule has 11 aromatic rings. The molecule has 0 saturated heterocycles. The van der Waals surface area contributed by atoms with Gasteiger partial charge in [-0.3, -0.25) is 0 Å². The molecule has 0 N–H and O–H groups in total. The third-order valence-corrected chi connectivity index (χ3v) is 11.3. The van der Waals surface area contributed by atoms with Crippen LogP contribution in [0, 0.1) is 22.7 Å². The van der Waals surface area contributed by atoms with Gasteiger partial charge in [0.25, 0.3) is 0 Å². The molecule has 0 spiro atoms. The zero-order valence-corrected chi connectivity index (χ0v) is 32.0. The topological polar surface area (TPSA) is 96.1 Å². The second-order valence-corrected chi connectivity index (χ2v) is 14.6. The van der Waals surface area contributed by atoms with E-state index in [0.29, 0.717) is 39.7 Å². The first-order valence-corrected chi connectivity index (χ1v) is 19.7. The third kappa shape index (κ3) is 5.46. The lowest BCUT2D eigenvalue weighted by Gasteiger charge is -2.21. The molecule has 0 saturated carbocycles. The molecule has 0 amide bonds. The molecule has 0 bridgehead atoms. The maximum atomic E-state index is 11.7. The first kappa shape index (κ1) is 34.6. The Morgan fingerprint density at radius 2 is 0.783 bits per heavy atom. The van der Waals surface area contributed by atoms with Crippen molar-refractivity contribution in [1.29, 1.82) is 10.5 Å². The predicted octanol–water partition coefficient (Wildman–Crippen LogP) is 12.5. The van der Waals surface area contributed by atoms with Gasteiger partial charge < -0.3 is 9.13 Å². The van der Waals surface area contributed by atoms with E-state index < -0.39 is 0 Å². The number of para-hydroxylation sites is 3. The first-order chi connectivity index (χ1) is 29.7. The van der Waals surface area contributed by atoms with Crippen LogP contribution in [-0.4, -0.2) is 24.1 Å². The van der Waals surface area contributed by atoms with Crippen molar-refractivity contribution in [2.45, 2.75) is 0 Å². The van der Waals surface area contributed by atoms with E-state index in [1.54, 1.807) is 6.07 Å². The van der Waals surface area contributed by atoms with Crippen LogP contribution in [-0.2, 0) is 0 Å². The number of benzene rings is 8. The fourth-order valence-electron chi connectivity index (χ4n) is 8.59. The molecule has 0 aliphatic heterocycles. The van der Waals surface area contributed by atoms with E-state index in [2.05, 4.69) is 88.0 Å². The quantitative estimate of drug-likeness (QED) is 0.168. The van der Waals surface area contributed by atoms with E-state index in [4.69, 9.17) is 15.0 Å². The molecular weight excluding hydrogens is 735 g/mol. The molecule has 0 fully saturated rings. The highest BCUT2D eigenvalue weighted by Gasteiger charge is 2.29. The summed E-state index contributed by atoms with van der Waals surface area (Å²) in [6, 6.07) is 68.0. The van der Waals surface area contributed by atoms with Crippen LogP contribution in [0.2, 0.25) is 0 Å². The molecule has 0 radical (unpaired) electrons. The largest absolute Gasteiger partial charge is 0.306 e. The molecule has 0 atom stereocenters. The van der Waals surface area contributed by atoms with Gasteiger partial charge in [0.1, 0.15) is 12.1 Å². The van der Waals surface area contributed by atoms with Crippen LogP contribution in [0.25, 0.3) is 100 Å². The van der Waals surface area contributed by atoms with E-state index >= 15 is 0 Å². The van der Waals surface area contributed by atoms with Crippen LogP contribution in [0.3, 0.4) is 0 Å². The Kier molecular flexibility index (Phi) is 8.11. The first-order valence-electron chi connectivity index (χ1n) is 19.7. The van der Waals surface area contributed by atoms with Crippen LogP contribution in [0.4, 0.5) is 0 Å². The minimum Gasteiger partial charge on any atom is -0.306 e. The highest BCUT2D eigenvalue weighted by molar-refractivity contribution is 6.13. The maximum Gasteiger partial charge on any atom is 0.165 e. The molecule has 3 aromatic heterocycles. The number of nitriles is 2. The van der Waals surface area contributed by atoms with Crippen LogP contribution < -0.4 is 0 Å². The average Bonchev–Trinajstić information content (AvgIpc) is 3.83. The zero-order valence-electron chi connectivity index (χ0n) is 32.0.